The average Bonchev–Trinajstić information content (AvgIpc) is 2.19. The molecule has 5 heteroatoms. The first-order chi connectivity index (χ1) is 7.15. The molecule has 4 nitrogen and oxygen atoms in total. The summed E-state index contributed by atoms with van der Waals surface area (Å²) in [6, 6.07) is 0. The van der Waals surface area contributed by atoms with E-state index in [0.717, 1.165) is 10.9 Å². The molecule has 1 rings (SSSR count). The zero-order valence-electron chi connectivity index (χ0n) is 8.66. The second-order valence-electron chi connectivity index (χ2n) is 3.15. The molecule has 15 heavy (non-hydrogen) atoms. The van der Waals surface area contributed by atoms with Crippen LogP contribution < -0.4 is 10.9 Å². The van der Waals surface area contributed by atoms with Crippen molar-refractivity contribution in [2.24, 2.45) is 0 Å². The maximum Gasteiger partial charge on any atom is 0.293 e. The highest BCUT2D eigenvalue weighted by Crippen LogP contribution is 2.01. The van der Waals surface area contributed by atoms with Crippen molar-refractivity contribution in [1.29, 1.82) is 0 Å². The average molecular weight is 272 g/mol. The molecule has 0 saturated carbocycles. The summed E-state index contributed by atoms with van der Waals surface area (Å²) >= 11 is 3.21. The van der Waals surface area contributed by atoms with Crippen LogP contribution in [-0.2, 0) is 6.54 Å². The Hall–Kier alpha value is -1.10. The first-order valence-electron chi connectivity index (χ1n) is 4.77. The van der Waals surface area contributed by atoms with E-state index in [1.807, 2.05) is 6.92 Å². The highest BCUT2D eigenvalue weighted by Gasteiger charge is 2.02. The smallest absolute Gasteiger partial charge is 0.293 e. The molecule has 1 heterocycles. The van der Waals surface area contributed by atoms with E-state index in [2.05, 4.69) is 32.8 Å². The van der Waals surface area contributed by atoms with Crippen LogP contribution in [0.3, 0.4) is 0 Å². The molecular weight excluding hydrogens is 258 g/mol. The summed E-state index contributed by atoms with van der Waals surface area (Å²) in [5, 5.41) is 2.92. The second-order valence-corrected chi connectivity index (χ2v) is 4.27. The van der Waals surface area contributed by atoms with E-state index >= 15 is 0 Å². The van der Waals surface area contributed by atoms with Gasteiger partial charge in [-0.05, 0) is 6.42 Å². The number of nitrogens with zero attached hydrogens (tertiary/aromatic N) is 2. The van der Waals surface area contributed by atoms with E-state index in [1.165, 1.54) is 0 Å². The number of rotatable bonds is 5. The Balaban J connectivity index is 2.84. The lowest BCUT2D eigenvalue weighted by atomic mass is 10.4. The molecule has 0 saturated heterocycles. The molecule has 0 amide bonds. The molecule has 1 aromatic heterocycles. The van der Waals surface area contributed by atoms with Crippen molar-refractivity contribution in [3.8, 4) is 0 Å². The largest absolute Gasteiger partial charge is 0.361 e. The Morgan fingerprint density at radius 2 is 2.47 bits per heavy atom. The van der Waals surface area contributed by atoms with Crippen LogP contribution >= 0.6 is 15.9 Å². The first-order valence-corrected chi connectivity index (χ1v) is 5.57. The van der Waals surface area contributed by atoms with Crippen LogP contribution in [0.2, 0.25) is 0 Å². The second kappa shape index (κ2) is 5.70. The van der Waals surface area contributed by atoms with Crippen molar-refractivity contribution in [3.63, 3.8) is 0 Å². The van der Waals surface area contributed by atoms with Gasteiger partial charge >= 0.3 is 0 Å². The van der Waals surface area contributed by atoms with E-state index in [4.69, 9.17) is 0 Å². The van der Waals surface area contributed by atoms with Gasteiger partial charge in [0.05, 0.1) is 0 Å². The highest BCUT2D eigenvalue weighted by atomic mass is 79.9. The summed E-state index contributed by atoms with van der Waals surface area (Å²) in [6.07, 6.45) is 4.24. The van der Waals surface area contributed by atoms with Crippen LogP contribution in [0.4, 0.5) is 5.82 Å². The van der Waals surface area contributed by atoms with E-state index in [0.29, 0.717) is 18.9 Å². The summed E-state index contributed by atoms with van der Waals surface area (Å²) in [6.45, 7) is 6.92. The molecule has 82 valence electrons. The summed E-state index contributed by atoms with van der Waals surface area (Å²) < 4.78 is 2.43. The van der Waals surface area contributed by atoms with Crippen LogP contribution in [0.25, 0.3) is 0 Å². The summed E-state index contributed by atoms with van der Waals surface area (Å²) in [7, 11) is 0. The van der Waals surface area contributed by atoms with Crippen molar-refractivity contribution in [3.05, 3.63) is 33.8 Å². The predicted molar refractivity (Wildman–Crippen MR) is 65.3 cm³/mol. The molecule has 0 fully saturated rings. The van der Waals surface area contributed by atoms with Gasteiger partial charge in [-0.1, -0.05) is 29.4 Å². The third-order valence-corrected chi connectivity index (χ3v) is 2.11. The van der Waals surface area contributed by atoms with Crippen LogP contribution in [0.15, 0.2) is 28.2 Å². The maximum atomic E-state index is 11.8. The Morgan fingerprint density at radius 1 is 1.73 bits per heavy atom. The van der Waals surface area contributed by atoms with E-state index in [9.17, 15) is 4.79 Å². The zero-order valence-corrected chi connectivity index (χ0v) is 10.2. The van der Waals surface area contributed by atoms with Gasteiger partial charge in [-0.2, -0.15) is 0 Å². The highest BCUT2D eigenvalue weighted by molar-refractivity contribution is 9.11. The van der Waals surface area contributed by atoms with Gasteiger partial charge in [-0.25, -0.2) is 4.98 Å². The fraction of sp³-hybridized carbons (Fsp3) is 0.400. The van der Waals surface area contributed by atoms with Crippen molar-refractivity contribution in [1.82, 2.24) is 9.55 Å². The third-order valence-electron chi connectivity index (χ3n) is 1.83. The Bertz CT molecular complexity index is 400. The van der Waals surface area contributed by atoms with E-state index in [-0.39, 0.29) is 5.56 Å². The van der Waals surface area contributed by atoms with Crippen molar-refractivity contribution in [2.45, 2.75) is 19.9 Å². The molecule has 0 bridgehead atoms. The Morgan fingerprint density at radius 3 is 3.07 bits per heavy atom. The van der Waals surface area contributed by atoms with Gasteiger partial charge in [-0.15, -0.1) is 0 Å². The van der Waals surface area contributed by atoms with Crippen molar-refractivity contribution < 1.29 is 0 Å². The van der Waals surface area contributed by atoms with Gasteiger partial charge in [0.1, 0.15) is 0 Å². The number of hydrogen-bond acceptors (Lipinski definition) is 3. The number of nitrogens with one attached hydrogen (secondary N) is 1. The number of aromatic nitrogens is 2. The number of halogens is 1. The molecule has 0 atom stereocenters. The molecule has 0 aliphatic rings. The minimum atomic E-state index is -0.0897. The minimum absolute atomic E-state index is 0.0897. The zero-order chi connectivity index (χ0) is 11.3. The molecular formula is C10H14BrN3O. The number of hydrogen-bond donors (Lipinski definition) is 1. The lowest BCUT2D eigenvalue weighted by Crippen LogP contribution is -2.24. The summed E-state index contributed by atoms with van der Waals surface area (Å²) in [5.74, 6) is 0.367. The normalized spacial score (nSPS) is 10.0. The summed E-state index contributed by atoms with van der Waals surface area (Å²) in [4.78, 5) is 15.8. The lowest BCUT2D eigenvalue weighted by molar-refractivity contribution is 0.650. The fourth-order valence-electron chi connectivity index (χ4n) is 1.17. The molecule has 0 spiro atoms. The van der Waals surface area contributed by atoms with Crippen LogP contribution in [0.5, 0.6) is 0 Å². The fourth-order valence-corrected chi connectivity index (χ4v) is 1.31. The molecule has 0 unspecified atom stereocenters. The van der Waals surface area contributed by atoms with Crippen LogP contribution in [-0.4, -0.2) is 16.1 Å². The minimum Gasteiger partial charge on any atom is -0.361 e. The van der Waals surface area contributed by atoms with Crippen LogP contribution in [0.1, 0.15) is 13.3 Å². The van der Waals surface area contributed by atoms with Gasteiger partial charge in [0, 0.05) is 30.0 Å². The molecule has 1 aromatic rings. The van der Waals surface area contributed by atoms with Gasteiger partial charge in [0.15, 0.2) is 5.82 Å². The quantitative estimate of drug-likeness (QED) is 0.891. The van der Waals surface area contributed by atoms with Crippen LogP contribution in [0, 0.1) is 0 Å². The topological polar surface area (TPSA) is 46.9 Å². The standard InChI is InChI=1S/C10H14BrN3O/c1-3-5-14-6-4-12-9(10(14)15)13-7-8(2)11/h4,6H,2-3,5,7H2,1H3,(H,12,13). The molecule has 0 radical (unpaired) electrons. The van der Waals surface area contributed by atoms with E-state index < -0.39 is 0 Å². The monoisotopic (exact) mass is 271 g/mol. The summed E-state index contributed by atoms with van der Waals surface area (Å²) in [5.41, 5.74) is -0.0897. The molecule has 0 aromatic carbocycles. The van der Waals surface area contributed by atoms with Crippen molar-refractivity contribution >= 4 is 21.7 Å². The van der Waals surface area contributed by atoms with Gasteiger partial charge < -0.3 is 9.88 Å². The lowest BCUT2D eigenvalue weighted by Gasteiger charge is -2.07. The molecule has 0 aliphatic carbocycles. The van der Waals surface area contributed by atoms with E-state index in [1.54, 1.807) is 17.0 Å². The Kier molecular flexibility index (Phi) is 4.55. The number of aryl methyl sites for hydroxylation is 1. The van der Waals surface area contributed by atoms with Gasteiger partial charge in [-0.3, -0.25) is 4.79 Å². The Labute approximate surface area is 97.2 Å². The van der Waals surface area contributed by atoms with Gasteiger partial charge in [0.2, 0.25) is 0 Å². The first kappa shape index (κ1) is 12.0. The predicted octanol–water partition coefficient (Wildman–Crippen LogP) is 1.97. The maximum absolute atomic E-state index is 11.8. The van der Waals surface area contributed by atoms with Gasteiger partial charge in [0.25, 0.3) is 5.56 Å². The molecule has 0 aliphatic heterocycles. The third kappa shape index (κ3) is 3.51. The SMILES string of the molecule is C=C(Br)CNc1nccn(CCC)c1=O. The number of anilines is 1. The molecule has 1 N–H and O–H groups in total. The van der Waals surface area contributed by atoms with Crippen molar-refractivity contribution in [2.75, 3.05) is 11.9 Å².